The topological polar surface area (TPSA) is 20.2 Å². The summed E-state index contributed by atoms with van der Waals surface area (Å²) in [6, 6.07) is 1.57. The average molecular weight is 245 g/mol. The summed E-state index contributed by atoms with van der Waals surface area (Å²) in [5.41, 5.74) is -0.473. The number of alkyl halides is 2. The van der Waals surface area contributed by atoms with Crippen molar-refractivity contribution in [1.82, 2.24) is 0 Å². The van der Waals surface area contributed by atoms with Crippen molar-refractivity contribution in [3.05, 3.63) is 35.1 Å². The zero-order valence-electron chi connectivity index (χ0n) is 6.65. The Morgan fingerprint density at radius 3 is 2.14 bits per heavy atom. The lowest BCUT2D eigenvalue weighted by atomic mass is 10.1. The van der Waals surface area contributed by atoms with E-state index in [4.69, 9.17) is 23.2 Å². The average Bonchev–Trinajstić information content (AvgIpc) is 2.13. The van der Waals surface area contributed by atoms with E-state index in [1.807, 2.05) is 0 Å². The summed E-state index contributed by atoms with van der Waals surface area (Å²) < 4.78 is 38.1. The first-order chi connectivity index (χ1) is 6.45. The molecule has 1 nitrogen and oxygen atoms in total. The number of hydrogen-bond donors (Lipinski definition) is 1. The molecular formula is C8H5Cl2F3O. The van der Waals surface area contributed by atoms with E-state index in [9.17, 15) is 18.3 Å². The quantitative estimate of drug-likeness (QED) is 0.627. The van der Waals surface area contributed by atoms with Crippen molar-refractivity contribution in [2.75, 3.05) is 0 Å². The van der Waals surface area contributed by atoms with Crippen LogP contribution in [0.5, 0.6) is 0 Å². The summed E-state index contributed by atoms with van der Waals surface area (Å²) in [7, 11) is 0. The molecule has 1 N–H and O–H groups in total. The highest BCUT2D eigenvalue weighted by molar-refractivity contribution is 6.44. The Morgan fingerprint density at radius 2 is 1.64 bits per heavy atom. The fourth-order valence-corrected chi connectivity index (χ4v) is 1.18. The van der Waals surface area contributed by atoms with Crippen LogP contribution >= 0.6 is 23.2 Å². The third kappa shape index (κ3) is 2.13. The van der Waals surface area contributed by atoms with E-state index in [-0.39, 0.29) is 0 Å². The molecule has 0 spiro atoms. The van der Waals surface area contributed by atoms with Gasteiger partial charge in [0.1, 0.15) is 10.9 Å². The second kappa shape index (κ2) is 4.38. The zero-order valence-corrected chi connectivity index (χ0v) is 8.16. The lowest BCUT2D eigenvalue weighted by molar-refractivity contribution is 0.186. The van der Waals surface area contributed by atoms with Gasteiger partial charge >= 0.3 is 0 Å². The highest BCUT2D eigenvalue weighted by atomic mass is 35.5. The molecule has 0 aliphatic heterocycles. The largest absolute Gasteiger partial charge is 0.385 e. The van der Waals surface area contributed by atoms with Crippen LogP contribution in [0, 0.1) is 17.5 Å². The van der Waals surface area contributed by atoms with Gasteiger partial charge in [0.2, 0.25) is 0 Å². The molecule has 0 saturated carbocycles. The first kappa shape index (κ1) is 11.6. The molecule has 1 aromatic carbocycles. The van der Waals surface area contributed by atoms with Crippen molar-refractivity contribution in [2.24, 2.45) is 0 Å². The second-order valence-corrected chi connectivity index (χ2v) is 3.71. The Morgan fingerprint density at radius 1 is 1.07 bits per heavy atom. The molecule has 0 aromatic heterocycles. The van der Waals surface area contributed by atoms with Gasteiger partial charge in [-0.15, -0.1) is 23.2 Å². The molecule has 1 rings (SSSR count). The molecule has 0 bridgehead atoms. The fraction of sp³-hybridized carbons (Fsp3) is 0.250. The number of hydrogen-bond acceptors (Lipinski definition) is 1. The van der Waals surface area contributed by atoms with Gasteiger partial charge in [0, 0.05) is 5.56 Å². The summed E-state index contributed by atoms with van der Waals surface area (Å²) in [6.45, 7) is 0. The first-order valence-electron chi connectivity index (χ1n) is 3.54. The van der Waals surface area contributed by atoms with Gasteiger partial charge < -0.3 is 5.11 Å². The third-order valence-corrected chi connectivity index (χ3v) is 2.10. The van der Waals surface area contributed by atoms with Crippen LogP contribution in [0.15, 0.2) is 12.1 Å². The highest BCUT2D eigenvalue weighted by Gasteiger charge is 2.23. The summed E-state index contributed by atoms with van der Waals surface area (Å²) in [6.07, 6.45) is -1.59. The van der Waals surface area contributed by atoms with Crippen LogP contribution in [0.3, 0.4) is 0 Å². The number of aliphatic hydroxyl groups is 1. The second-order valence-electron chi connectivity index (χ2n) is 2.54. The fourth-order valence-electron chi connectivity index (χ4n) is 0.905. The minimum Gasteiger partial charge on any atom is -0.385 e. The van der Waals surface area contributed by atoms with Crippen molar-refractivity contribution in [1.29, 1.82) is 0 Å². The van der Waals surface area contributed by atoms with Gasteiger partial charge in [-0.1, -0.05) is 6.07 Å². The van der Waals surface area contributed by atoms with Crippen molar-refractivity contribution < 1.29 is 18.3 Å². The summed E-state index contributed by atoms with van der Waals surface area (Å²) in [4.78, 5) is -1.31. The van der Waals surface area contributed by atoms with Crippen molar-refractivity contribution in [2.45, 2.75) is 10.9 Å². The van der Waals surface area contributed by atoms with Crippen LogP contribution in [0.4, 0.5) is 13.2 Å². The SMILES string of the molecule is OC(c1ccc(F)c(F)c1F)C(Cl)Cl. The van der Waals surface area contributed by atoms with Gasteiger partial charge in [-0.2, -0.15) is 0 Å². The molecule has 1 atom stereocenters. The molecule has 1 aromatic rings. The van der Waals surface area contributed by atoms with Gasteiger partial charge in [-0.3, -0.25) is 0 Å². The van der Waals surface area contributed by atoms with E-state index < -0.39 is 34.0 Å². The van der Waals surface area contributed by atoms with Gasteiger partial charge in [-0.25, -0.2) is 13.2 Å². The maximum absolute atomic E-state index is 13.0. The monoisotopic (exact) mass is 244 g/mol. The standard InChI is InChI=1S/C8H5Cl2F3O/c9-8(10)7(14)3-1-2-4(11)6(13)5(3)12/h1-2,7-8,14H. The summed E-state index contributed by atoms with van der Waals surface area (Å²) in [5.74, 6) is -4.47. The molecule has 0 aliphatic rings. The minimum absolute atomic E-state index is 0.473. The van der Waals surface area contributed by atoms with Gasteiger partial charge in [-0.05, 0) is 6.07 Å². The van der Waals surface area contributed by atoms with E-state index in [2.05, 4.69) is 0 Å². The van der Waals surface area contributed by atoms with Crippen LogP contribution < -0.4 is 0 Å². The molecule has 0 heterocycles. The predicted octanol–water partition coefficient (Wildman–Crippen LogP) is 2.94. The predicted molar refractivity (Wildman–Crippen MR) is 46.8 cm³/mol. The number of aliphatic hydroxyl groups excluding tert-OH is 1. The zero-order chi connectivity index (χ0) is 10.9. The van der Waals surface area contributed by atoms with Gasteiger partial charge in [0.25, 0.3) is 0 Å². The number of halogens is 5. The highest BCUT2D eigenvalue weighted by Crippen LogP contribution is 2.27. The Bertz CT molecular complexity index is 344. The maximum atomic E-state index is 13.0. The number of benzene rings is 1. The van der Waals surface area contributed by atoms with Crippen LogP contribution in [0.2, 0.25) is 0 Å². The Kier molecular flexibility index (Phi) is 3.64. The van der Waals surface area contributed by atoms with Crippen LogP contribution in [-0.4, -0.2) is 9.94 Å². The van der Waals surface area contributed by atoms with E-state index in [0.29, 0.717) is 6.07 Å². The molecule has 78 valence electrons. The Labute approximate surface area is 88.1 Å². The van der Waals surface area contributed by atoms with E-state index in [1.165, 1.54) is 0 Å². The van der Waals surface area contributed by atoms with Crippen molar-refractivity contribution >= 4 is 23.2 Å². The molecule has 0 radical (unpaired) electrons. The molecule has 0 fully saturated rings. The van der Waals surface area contributed by atoms with Crippen LogP contribution in [-0.2, 0) is 0 Å². The van der Waals surface area contributed by atoms with E-state index in [0.717, 1.165) is 6.07 Å². The Balaban J connectivity index is 3.17. The summed E-state index contributed by atoms with van der Waals surface area (Å²) in [5, 5.41) is 9.20. The Hall–Kier alpha value is -0.450. The smallest absolute Gasteiger partial charge is 0.194 e. The molecule has 6 heteroatoms. The van der Waals surface area contributed by atoms with Crippen molar-refractivity contribution in [3.63, 3.8) is 0 Å². The molecule has 0 aliphatic carbocycles. The van der Waals surface area contributed by atoms with Crippen LogP contribution in [0.25, 0.3) is 0 Å². The third-order valence-electron chi connectivity index (χ3n) is 1.62. The summed E-state index contributed by atoms with van der Waals surface area (Å²) >= 11 is 10.5. The van der Waals surface area contributed by atoms with E-state index >= 15 is 0 Å². The van der Waals surface area contributed by atoms with E-state index in [1.54, 1.807) is 0 Å². The molecule has 0 saturated heterocycles. The lowest BCUT2D eigenvalue weighted by Crippen LogP contribution is -2.10. The molecule has 14 heavy (non-hydrogen) atoms. The van der Waals surface area contributed by atoms with Gasteiger partial charge in [0.15, 0.2) is 17.5 Å². The first-order valence-corrected chi connectivity index (χ1v) is 4.42. The minimum atomic E-state index is -1.66. The maximum Gasteiger partial charge on any atom is 0.194 e. The lowest BCUT2D eigenvalue weighted by Gasteiger charge is -2.12. The molecule has 1 unspecified atom stereocenters. The number of rotatable bonds is 2. The van der Waals surface area contributed by atoms with Crippen molar-refractivity contribution in [3.8, 4) is 0 Å². The normalized spacial score (nSPS) is 13.4. The van der Waals surface area contributed by atoms with Crippen LogP contribution in [0.1, 0.15) is 11.7 Å². The molecule has 0 amide bonds. The van der Waals surface area contributed by atoms with Gasteiger partial charge in [0.05, 0.1) is 0 Å². The molecular weight excluding hydrogens is 240 g/mol.